The van der Waals surface area contributed by atoms with E-state index < -0.39 is 0 Å². The Morgan fingerprint density at radius 1 is 1.03 bits per heavy atom. The molecule has 1 unspecified atom stereocenters. The summed E-state index contributed by atoms with van der Waals surface area (Å²) >= 11 is 0. The number of benzene rings is 2. The molecule has 156 valence electrons. The van der Waals surface area contributed by atoms with Crippen molar-refractivity contribution in [1.29, 1.82) is 0 Å². The van der Waals surface area contributed by atoms with E-state index in [9.17, 15) is 9.90 Å². The summed E-state index contributed by atoms with van der Waals surface area (Å²) in [7, 11) is 0. The lowest BCUT2D eigenvalue weighted by Crippen LogP contribution is -2.55. The number of phenols is 1. The van der Waals surface area contributed by atoms with Gasteiger partial charge in [0.05, 0.1) is 5.69 Å². The molecular weight excluding hydrogens is 372 g/mol. The van der Waals surface area contributed by atoms with E-state index in [1.807, 2.05) is 36.4 Å². The van der Waals surface area contributed by atoms with Gasteiger partial charge < -0.3 is 10.4 Å². The third-order valence-electron chi connectivity index (χ3n) is 7.77. The van der Waals surface area contributed by atoms with Crippen molar-refractivity contribution in [2.75, 3.05) is 0 Å². The summed E-state index contributed by atoms with van der Waals surface area (Å²) in [5.41, 5.74) is 2.41. The van der Waals surface area contributed by atoms with Crippen molar-refractivity contribution in [2.24, 2.45) is 28.2 Å². The summed E-state index contributed by atoms with van der Waals surface area (Å²) < 4.78 is 0. The molecule has 0 spiro atoms. The van der Waals surface area contributed by atoms with Crippen LogP contribution in [0.1, 0.15) is 61.4 Å². The highest BCUT2D eigenvalue weighted by Crippen LogP contribution is 2.61. The Bertz CT molecular complexity index is 928. The summed E-state index contributed by atoms with van der Waals surface area (Å²) in [6.45, 7) is 2.22. The molecule has 4 aliphatic rings. The maximum atomic E-state index is 12.9. The normalized spacial score (nSPS) is 30.5. The molecule has 0 aromatic heterocycles. The smallest absolute Gasteiger partial charge is 0.251 e. The van der Waals surface area contributed by atoms with Gasteiger partial charge in [0.2, 0.25) is 0 Å². The molecule has 1 amide bonds. The number of aliphatic imine (C=N–C) groups is 1. The number of nitrogens with zero attached hydrogens (tertiary/aromatic N) is 1. The van der Waals surface area contributed by atoms with Gasteiger partial charge in [0, 0.05) is 23.4 Å². The lowest BCUT2D eigenvalue weighted by atomic mass is 9.48. The topological polar surface area (TPSA) is 61.7 Å². The maximum absolute atomic E-state index is 12.9. The van der Waals surface area contributed by atoms with E-state index in [-0.39, 0.29) is 17.7 Å². The second-order valence-corrected chi connectivity index (χ2v) is 9.84. The maximum Gasteiger partial charge on any atom is 0.251 e. The fourth-order valence-corrected chi connectivity index (χ4v) is 6.58. The van der Waals surface area contributed by atoms with E-state index in [0.29, 0.717) is 16.5 Å². The fourth-order valence-electron chi connectivity index (χ4n) is 6.58. The predicted octanol–water partition coefficient (Wildman–Crippen LogP) is 5.48. The Kier molecular flexibility index (Phi) is 4.88. The number of phenolic OH excluding ortho intramolecular Hbond substituents is 1. The van der Waals surface area contributed by atoms with Crippen LogP contribution in [0.5, 0.6) is 5.75 Å². The van der Waals surface area contributed by atoms with Crippen LogP contribution in [0.4, 0.5) is 5.69 Å². The second-order valence-electron chi connectivity index (χ2n) is 9.84. The summed E-state index contributed by atoms with van der Waals surface area (Å²) in [5.74, 6) is 2.87. The zero-order valence-electron chi connectivity index (χ0n) is 17.6. The SMILES string of the molecule is CC(NC(=O)c1ccc(N=Cc2ccccc2O)cc1)C12CC3CC(CC(C3)C1)C2. The molecule has 2 aromatic rings. The van der Waals surface area contributed by atoms with Crippen molar-refractivity contribution < 1.29 is 9.90 Å². The Hall–Kier alpha value is -2.62. The van der Waals surface area contributed by atoms with Crippen LogP contribution in [0.2, 0.25) is 0 Å². The lowest BCUT2D eigenvalue weighted by molar-refractivity contribution is -0.0688. The molecule has 30 heavy (non-hydrogen) atoms. The van der Waals surface area contributed by atoms with Crippen molar-refractivity contribution >= 4 is 17.8 Å². The van der Waals surface area contributed by atoms with E-state index in [1.54, 1.807) is 18.3 Å². The van der Waals surface area contributed by atoms with Gasteiger partial charge in [-0.3, -0.25) is 9.79 Å². The average molecular weight is 403 g/mol. The van der Waals surface area contributed by atoms with Gasteiger partial charge in [0.25, 0.3) is 5.91 Å². The van der Waals surface area contributed by atoms with Gasteiger partial charge in [-0.2, -0.15) is 0 Å². The number of para-hydroxylation sites is 1. The van der Waals surface area contributed by atoms with Gasteiger partial charge in [-0.05, 0) is 105 Å². The number of rotatable bonds is 5. The van der Waals surface area contributed by atoms with E-state index in [1.165, 1.54) is 38.5 Å². The Morgan fingerprint density at radius 2 is 1.63 bits per heavy atom. The second kappa shape index (κ2) is 7.57. The predicted molar refractivity (Wildman–Crippen MR) is 119 cm³/mol. The van der Waals surface area contributed by atoms with Gasteiger partial charge in [-0.15, -0.1) is 0 Å². The standard InChI is InChI=1S/C26H30N2O2/c1-17(26-13-18-10-19(14-26)12-20(11-18)15-26)28-25(30)21-6-8-23(9-7-21)27-16-22-4-2-3-5-24(22)29/h2-9,16-20,29H,10-15H2,1H3,(H,28,30). The highest BCUT2D eigenvalue weighted by atomic mass is 16.3. The van der Waals surface area contributed by atoms with Crippen LogP contribution >= 0.6 is 0 Å². The monoisotopic (exact) mass is 402 g/mol. The molecule has 0 radical (unpaired) electrons. The first kappa shape index (κ1) is 19.3. The largest absolute Gasteiger partial charge is 0.507 e. The van der Waals surface area contributed by atoms with Crippen LogP contribution in [0.15, 0.2) is 53.5 Å². The number of nitrogens with one attached hydrogen (secondary N) is 1. The van der Waals surface area contributed by atoms with Gasteiger partial charge in [0.15, 0.2) is 0 Å². The first-order valence-electron chi connectivity index (χ1n) is 11.2. The molecule has 2 N–H and O–H groups in total. The molecular formula is C26H30N2O2. The Balaban J connectivity index is 1.24. The molecule has 2 aromatic carbocycles. The zero-order chi connectivity index (χ0) is 20.7. The fraction of sp³-hybridized carbons (Fsp3) is 0.462. The van der Waals surface area contributed by atoms with Crippen LogP contribution in [0, 0.1) is 23.2 Å². The molecule has 6 rings (SSSR count). The first-order valence-corrected chi connectivity index (χ1v) is 11.2. The average Bonchev–Trinajstić information content (AvgIpc) is 2.72. The minimum Gasteiger partial charge on any atom is -0.507 e. The Labute approximate surface area is 178 Å². The third kappa shape index (κ3) is 3.64. The van der Waals surface area contributed by atoms with Crippen molar-refractivity contribution in [3.05, 3.63) is 59.7 Å². The molecule has 0 aliphatic heterocycles. The van der Waals surface area contributed by atoms with Crippen molar-refractivity contribution in [3.8, 4) is 5.75 Å². The first-order chi connectivity index (χ1) is 14.5. The molecule has 0 heterocycles. The summed E-state index contributed by atoms with van der Waals surface area (Å²) in [4.78, 5) is 17.3. The van der Waals surface area contributed by atoms with Crippen molar-refractivity contribution in [1.82, 2.24) is 5.32 Å². The van der Waals surface area contributed by atoms with Crippen LogP contribution in [-0.4, -0.2) is 23.3 Å². The molecule has 1 atom stereocenters. The van der Waals surface area contributed by atoms with Gasteiger partial charge in [0.1, 0.15) is 5.75 Å². The lowest BCUT2D eigenvalue weighted by Gasteiger charge is -2.59. The van der Waals surface area contributed by atoms with Gasteiger partial charge in [-0.1, -0.05) is 12.1 Å². The number of amides is 1. The van der Waals surface area contributed by atoms with Gasteiger partial charge >= 0.3 is 0 Å². The molecule has 4 heteroatoms. The number of carbonyl (C=O) groups is 1. The minimum absolute atomic E-state index is 0.00878. The molecule has 4 nitrogen and oxygen atoms in total. The highest BCUT2D eigenvalue weighted by molar-refractivity contribution is 5.95. The Morgan fingerprint density at radius 3 is 2.23 bits per heavy atom. The summed E-state index contributed by atoms with van der Waals surface area (Å²) in [6.07, 6.45) is 9.77. The number of hydrogen-bond acceptors (Lipinski definition) is 3. The minimum atomic E-state index is 0.00878. The number of aromatic hydroxyl groups is 1. The van der Waals surface area contributed by atoms with Crippen LogP contribution in [0.3, 0.4) is 0 Å². The van der Waals surface area contributed by atoms with E-state index >= 15 is 0 Å². The van der Waals surface area contributed by atoms with E-state index in [0.717, 1.165) is 23.4 Å². The van der Waals surface area contributed by atoms with Crippen molar-refractivity contribution in [3.63, 3.8) is 0 Å². The quantitative estimate of drug-likeness (QED) is 0.651. The van der Waals surface area contributed by atoms with Crippen LogP contribution in [0.25, 0.3) is 0 Å². The molecule has 4 fully saturated rings. The van der Waals surface area contributed by atoms with Crippen molar-refractivity contribution in [2.45, 2.75) is 51.5 Å². The number of hydrogen-bond donors (Lipinski definition) is 2. The molecule has 4 bridgehead atoms. The third-order valence-corrected chi connectivity index (χ3v) is 7.77. The molecule has 4 saturated carbocycles. The highest BCUT2D eigenvalue weighted by Gasteiger charge is 2.53. The van der Waals surface area contributed by atoms with Gasteiger partial charge in [-0.25, -0.2) is 0 Å². The molecule has 4 aliphatic carbocycles. The van der Waals surface area contributed by atoms with E-state index in [2.05, 4.69) is 17.2 Å². The van der Waals surface area contributed by atoms with E-state index in [4.69, 9.17) is 0 Å². The van der Waals surface area contributed by atoms with Crippen LogP contribution in [-0.2, 0) is 0 Å². The summed E-state index contributed by atoms with van der Waals surface area (Å²) in [5, 5.41) is 13.2. The molecule has 0 saturated heterocycles. The van der Waals surface area contributed by atoms with Crippen LogP contribution < -0.4 is 5.32 Å². The zero-order valence-corrected chi connectivity index (χ0v) is 17.6. The summed E-state index contributed by atoms with van der Waals surface area (Å²) in [6, 6.07) is 14.7. The number of carbonyl (C=O) groups excluding carboxylic acids is 1.